The standard InChI is InChI=1S/C11H18N2OS/c1-12-10(11-7-13-8-15-11)6-9-2-4-14-5-3-9/h7-10,12H,2-6H2,1H3. The normalized spacial score (nSPS) is 20.3. The van der Waals surface area contributed by atoms with Gasteiger partial charge in [0.25, 0.3) is 0 Å². The van der Waals surface area contributed by atoms with Gasteiger partial charge in [-0.25, -0.2) is 0 Å². The van der Waals surface area contributed by atoms with Crippen LogP contribution in [0.2, 0.25) is 0 Å². The van der Waals surface area contributed by atoms with Crippen molar-refractivity contribution in [2.75, 3.05) is 20.3 Å². The van der Waals surface area contributed by atoms with Crippen LogP contribution in [0.5, 0.6) is 0 Å². The van der Waals surface area contributed by atoms with Gasteiger partial charge in [0.1, 0.15) is 0 Å². The molecular weight excluding hydrogens is 208 g/mol. The van der Waals surface area contributed by atoms with Gasteiger partial charge in [0.05, 0.1) is 5.51 Å². The molecule has 1 aromatic heterocycles. The monoisotopic (exact) mass is 226 g/mol. The lowest BCUT2D eigenvalue weighted by Crippen LogP contribution is -2.23. The molecular formula is C11H18N2OS. The Kier molecular flexibility index (Phi) is 4.11. The van der Waals surface area contributed by atoms with Crippen molar-refractivity contribution in [1.82, 2.24) is 10.3 Å². The van der Waals surface area contributed by atoms with Gasteiger partial charge in [-0.2, -0.15) is 0 Å². The Labute approximate surface area is 94.9 Å². The van der Waals surface area contributed by atoms with Crippen molar-refractivity contribution in [3.63, 3.8) is 0 Å². The van der Waals surface area contributed by atoms with Crippen molar-refractivity contribution in [3.05, 3.63) is 16.6 Å². The van der Waals surface area contributed by atoms with Crippen LogP contribution in [0.1, 0.15) is 30.2 Å². The summed E-state index contributed by atoms with van der Waals surface area (Å²) in [6.45, 7) is 1.87. The average molecular weight is 226 g/mol. The molecule has 0 saturated carbocycles. The van der Waals surface area contributed by atoms with E-state index >= 15 is 0 Å². The fourth-order valence-electron chi connectivity index (χ4n) is 2.09. The first-order chi connectivity index (χ1) is 7.40. The van der Waals surface area contributed by atoms with Crippen molar-refractivity contribution >= 4 is 11.3 Å². The van der Waals surface area contributed by atoms with E-state index in [-0.39, 0.29) is 0 Å². The molecule has 1 aliphatic heterocycles. The Hall–Kier alpha value is -0.450. The molecule has 1 aliphatic rings. The van der Waals surface area contributed by atoms with Gasteiger partial charge in [0, 0.05) is 30.3 Å². The maximum absolute atomic E-state index is 5.38. The van der Waals surface area contributed by atoms with Crippen molar-refractivity contribution in [2.45, 2.75) is 25.3 Å². The molecule has 1 atom stereocenters. The number of aromatic nitrogens is 1. The number of rotatable bonds is 4. The largest absolute Gasteiger partial charge is 0.381 e. The molecule has 1 fully saturated rings. The highest BCUT2D eigenvalue weighted by atomic mass is 32.1. The Balaban J connectivity index is 1.90. The van der Waals surface area contributed by atoms with Gasteiger partial charge in [0.15, 0.2) is 0 Å². The average Bonchev–Trinajstić information content (AvgIpc) is 2.81. The van der Waals surface area contributed by atoms with Gasteiger partial charge in [-0.05, 0) is 32.2 Å². The lowest BCUT2D eigenvalue weighted by atomic mass is 9.92. The lowest BCUT2D eigenvalue weighted by molar-refractivity contribution is 0.0609. The number of hydrogen-bond acceptors (Lipinski definition) is 4. The van der Waals surface area contributed by atoms with Gasteiger partial charge in [0.2, 0.25) is 0 Å². The Morgan fingerprint density at radius 3 is 3.00 bits per heavy atom. The number of nitrogens with zero attached hydrogens (tertiary/aromatic N) is 1. The summed E-state index contributed by atoms with van der Waals surface area (Å²) in [5.41, 5.74) is 1.91. The van der Waals surface area contributed by atoms with Crippen LogP contribution in [-0.4, -0.2) is 25.2 Å². The van der Waals surface area contributed by atoms with Crippen LogP contribution in [0.25, 0.3) is 0 Å². The topological polar surface area (TPSA) is 34.1 Å². The molecule has 1 N–H and O–H groups in total. The molecule has 1 aromatic rings. The van der Waals surface area contributed by atoms with E-state index in [1.165, 1.54) is 24.1 Å². The van der Waals surface area contributed by atoms with Gasteiger partial charge < -0.3 is 10.1 Å². The quantitative estimate of drug-likeness (QED) is 0.855. The van der Waals surface area contributed by atoms with Crippen LogP contribution < -0.4 is 5.32 Å². The molecule has 1 saturated heterocycles. The SMILES string of the molecule is CNC(CC1CCOCC1)c1cncs1. The maximum Gasteiger partial charge on any atom is 0.0794 e. The maximum atomic E-state index is 5.38. The van der Waals surface area contributed by atoms with E-state index in [4.69, 9.17) is 4.74 Å². The van der Waals surface area contributed by atoms with Crippen molar-refractivity contribution < 1.29 is 4.74 Å². The molecule has 1 unspecified atom stereocenters. The van der Waals surface area contributed by atoms with E-state index in [2.05, 4.69) is 10.3 Å². The summed E-state index contributed by atoms with van der Waals surface area (Å²) in [4.78, 5) is 5.49. The summed E-state index contributed by atoms with van der Waals surface area (Å²) in [6.07, 6.45) is 5.60. The zero-order valence-electron chi connectivity index (χ0n) is 9.11. The minimum absolute atomic E-state index is 0.473. The highest BCUT2D eigenvalue weighted by Crippen LogP contribution is 2.28. The summed E-state index contributed by atoms with van der Waals surface area (Å²) in [5.74, 6) is 0.804. The molecule has 4 heteroatoms. The van der Waals surface area contributed by atoms with Crippen molar-refractivity contribution in [3.8, 4) is 0 Å². The summed E-state index contributed by atoms with van der Waals surface area (Å²) in [6, 6.07) is 0.473. The minimum Gasteiger partial charge on any atom is -0.381 e. The molecule has 15 heavy (non-hydrogen) atoms. The van der Waals surface area contributed by atoms with E-state index in [1.807, 2.05) is 18.8 Å². The third-order valence-electron chi connectivity index (χ3n) is 3.05. The molecule has 84 valence electrons. The zero-order valence-corrected chi connectivity index (χ0v) is 9.93. The van der Waals surface area contributed by atoms with Gasteiger partial charge in [-0.1, -0.05) is 0 Å². The lowest BCUT2D eigenvalue weighted by Gasteiger charge is -2.25. The third kappa shape index (κ3) is 3.00. The molecule has 0 aliphatic carbocycles. The fraction of sp³-hybridized carbons (Fsp3) is 0.727. The Bertz CT molecular complexity index is 270. The fourth-order valence-corrected chi connectivity index (χ4v) is 2.83. The third-order valence-corrected chi connectivity index (χ3v) is 3.94. The van der Waals surface area contributed by atoms with Crippen LogP contribution >= 0.6 is 11.3 Å². The highest BCUT2D eigenvalue weighted by Gasteiger charge is 2.20. The van der Waals surface area contributed by atoms with Gasteiger partial charge in [-0.3, -0.25) is 4.98 Å². The molecule has 2 heterocycles. The second-order valence-corrected chi connectivity index (χ2v) is 4.95. The van der Waals surface area contributed by atoms with E-state index in [0.29, 0.717) is 6.04 Å². The summed E-state index contributed by atoms with van der Waals surface area (Å²) in [7, 11) is 2.03. The molecule has 3 nitrogen and oxygen atoms in total. The molecule has 0 radical (unpaired) electrons. The number of nitrogens with one attached hydrogen (secondary N) is 1. The highest BCUT2D eigenvalue weighted by molar-refractivity contribution is 7.09. The van der Waals surface area contributed by atoms with Crippen LogP contribution in [0.15, 0.2) is 11.7 Å². The van der Waals surface area contributed by atoms with Crippen molar-refractivity contribution in [1.29, 1.82) is 0 Å². The molecule has 0 bridgehead atoms. The predicted octanol–water partition coefficient (Wildman–Crippen LogP) is 2.22. The van der Waals surface area contributed by atoms with Crippen LogP contribution in [-0.2, 0) is 4.74 Å². The summed E-state index contributed by atoms with van der Waals surface area (Å²) < 4.78 is 5.38. The number of ether oxygens (including phenoxy) is 1. The molecule has 0 spiro atoms. The zero-order chi connectivity index (χ0) is 10.5. The van der Waals surface area contributed by atoms with Crippen molar-refractivity contribution in [2.24, 2.45) is 5.92 Å². The second-order valence-electron chi connectivity index (χ2n) is 4.04. The first kappa shape index (κ1) is 11.0. The van der Waals surface area contributed by atoms with E-state index in [9.17, 15) is 0 Å². The Morgan fingerprint density at radius 1 is 1.60 bits per heavy atom. The van der Waals surface area contributed by atoms with E-state index < -0.39 is 0 Å². The Morgan fingerprint density at radius 2 is 2.40 bits per heavy atom. The molecule has 0 aromatic carbocycles. The van der Waals surface area contributed by atoms with Gasteiger partial charge >= 0.3 is 0 Å². The smallest absolute Gasteiger partial charge is 0.0794 e. The van der Waals surface area contributed by atoms with Gasteiger partial charge in [-0.15, -0.1) is 11.3 Å². The van der Waals surface area contributed by atoms with Crippen LogP contribution in [0.4, 0.5) is 0 Å². The van der Waals surface area contributed by atoms with E-state index in [0.717, 1.165) is 19.1 Å². The molecule has 2 rings (SSSR count). The first-order valence-corrected chi connectivity index (χ1v) is 6.41. The molecule has 0 amide bonds. The summed E-state index contributed by atoms with van der Waals surface area (Å²) >= 11 is 1.74. The van der Waals surface area contributed by atoms with Crippen LogP contribution in [0.3, 0.4) is 0 Å². The first-order valence-electron chi connectivity index (χ1n) is 5.53. The minimum atomic E-state index is 0.473. The summed E-state index contributed by atoms with van der Waals surface area (Å²) in [5, 5.41) is 3.38. The number of hydrogen-bond donors (Lipinski definition) is 1. The van der Waals surface area contributed by atoms with Crippen LogP contribution in [0, 0.1) is 5.92 Å². The second kappa shape index (κ2) is 5.58. The predicted molar refractivity (Wildman–Crippen MR) is 62.1 cm³/mol. The number of thiazole rings is 1. The van der Waals surface area contributed by atoms with E-state index in [1.54, 1.807) is 11.3 Å².